The monoisotopic (exact) mass is 356 g/mol. The Labute approximate surface area is 153 Å². The average Bonchev–Trinajstić information content (AvgIpc) is 2.56. The van der Waals surface area contributed by atoms with Crippen LogP contribution in [-0.2, 0) is 9.59 Å². The van der Waals surface area contributed by atoms with Crippen molar-refractivity contribution in [3.05, 3.63) is 47.5 Å². The van der Waals surface area contributed by atoms with Crippen LogP contribution in [0.1, 0.15) is 25.0 Å². The Kier molecular flexibility index (Phi) is 6.60. The Morgan fingerprint density at radius 2 is 1.31 bits per heavy atom. The number of rotatable bonds is 6. The van der Waals surface area contributed by atoms with Gasteiger partial charge in [-0.05, 0) is 63.1 Å². The Morgan fingerprint density at radius 3 is 1.88 bits per heavy atom. The summed E-state index contributed by atoms with van der Waals surface area (Å²) in [6.07, 6.45) is 0. The lowest BCUT2D eigenvalue weighted by molar-refractivity contribution is -0.133. The number of anilines is 2. The minimum atomic E-state index is -0.754. The van der Waals surface area contributed by atoms with Crippen molar-refractivity contribution in [3.8, 4) is 11.5 Å². The van der Waals surface area contributed by atoms with Crippen molar-refractivity contribution in [1.29, 1.82) is 0 Å². The number of amides is 2. The molecule has 0 saturated carbocycles. The standard InChI is InChI=1S/C20H24N2O4/c1-5-25-17-8-7-15(12-18(17)26-6-2)21-19(23)20(24)22-16-10-13(3)9-14(4)11-16/h7-12H,5-6H2,1-4H3,(H,21,23)(H,22,24). The molecule has 2 N–H and O–H groups in total. The fourth-order valence-electron chi connectivity index (χ4n) is 2.55. The molecular formula is C20H24N2O4. The van der Waals surface area contributed by atoms with Gasteiger partial charge in [-0.15, -0.1) is 0 Å². The fourth-order valence-corrected chi connectivity index (χ4v) is 2.55. The highest BCUT2D eigenvalue weighted by Crippen LogP contribution is 2.30. The third-order valence-electron chi connectivity index (χ3n) is 3.49. The molecule has 138 valence electrons. The second kappa shape index (κ2) is 8.89. The molecule has 0 heterocycles. The van der Waals surface area contributed by atoms with Gasteiger partial charge in [0.2, 0.25) is 0 Å². The maximum absolute atomic E-state index is 12.2. The SMILES string of the molecule is CCOc1ccc(NC(=O)C(=O)Nc2cc(C)cc(C)c2)cc1OCC. The second-order valence-electron chi connectivity index (χ2n) is 5.81. The van der Waals surface area contributed by atoms with Crippen molar-refractivity contribution in [2.75, 3.05) is 23.8 Å². The molecule has 0 radical (unpaired) electrons. The molecule has 0 aliphatic carbocycles. The van der Waals surface area contributed by atoms with Crippen LogP contribution in [0.15, 0.2) is 36.4 Å². The summed E-state index contributed by atoms with van der Waals surface area (Å²) >= 11 is 0. The van der Waals surface area contributed by atoms with Crippen molar-refractivity contribution in [1.82, 2.24) is 0 Å². The predicted octanol–water partition coefficient (Wildman–Crippen LogP) is 3.68. The van der Waals surface area contributed by atoms with Gasteiger partial charge >= 0.3 is 11.8 Å². The molecule has 6 nitrogen and oxygen atoms in total. The van der Waals surface area contributed by atoms with E-state index in [9.17, 15) is 9.59 Å². The van der Waals surface area contributed by atoms with Crippen LogP contribution in [0.5, 0.6) is 11.5 Å². The first-order valence-corrected chi connectivity index (χ1v) is 8.53. The maximum atomic E-state index is 12.2. The normalized spacial score (nSPS) is 10.2. The third kappa shape index (κ3) is 5.24. The van der Waals surface area contributed by atoms with Crippen LogP contribution in [0, 0.1) is 13.8 Å². The van der Waals surface area contributed by atoms with Crippen molar-refractivity contribution < 1.29 is 19.1 Å². The lowest BCUT2D eigenvalue weighted by Gasteiger charge is -2.13. The zero-order valence-electron chi connectivity index (χ0n) is 15.5. The van der Waals surface area contributed by atoms with Crippen molar-refractivity contribution in [2.24, 2.45) is 0 Å². The Balaban J connectivity index is 2.08. The van der Waals surface area contributed by atoms with E-state index in [1.54, 1.807) is 18.2 Å². The minimum Gasteiger partial charge on any atom is -0.490 e. The van der Waals surface area contributed by atoms with Gasteiger partial charge in [-0.2, -0.15) is 0 Å². The number of carbonyl (C=O) groups is 2. The summed E-state index contributed by atoms with van der Waals surface area (Å²) in [6.45, 7) is 8.56. The van der Waals surface area contributed by atoms with Crippen LogP contribution in [0.3, 0.4) is 0 Å². The first-order valence-electron chi connectivity index (χ1n) is 8.53. The minimum absolute atomic E-state index is 0.456. The first kappa shape index (κ1) is 19.3. The van der Waals surface area contributed by atoms with Gasteiger partial charge in [-0.25, -0.2) is 0 Å². The van der Waals surface area contributed by atoms with Crippen LogP contribution in [0.25, 0.3) is 0 Å². The summed E-state index contributed by atoms with van der Waals surface area (Å²) < 4.78 is 11.0. The van der Waals surface area contributed by atoms with Gasteiger partial charge in [0, 0.05) is 17.4 Å². The summed E-state index contributed by atoms with van der Waals surface area (Å²) in [6, 6.07) is 10.6. The predicted molar refractivity (Wildman–Crippen MR) is 102 cm³/mol. The Morgan fingerprint density at radius 1 is 0.769 bits per heavy atom. The molecule has 0 aliphatic rings. The Bertz CT molecular complexity index is 782. The molecule has 0 aliphatic heterocycles. The summed E-state index contributed by atoms with van der Waals surface area (Å²) in [4.78, 5) is 24.3. The molecular weight excluding hydrogens is 332 g/mol. The van der Waals surface area contributed by atoms with Crippen LogP contribution >= 0.6 is 0 Å². The number of hydrogen-bond donors (Lipinski definition) is 2. The van der Waals surface area contributed by atoms with Gasteiger partial charge in [-0.1, -0.05) is 6.07 Å². The van der Waals surface area contributed by atoms with Crippen molar-refractivity contribution in [2.45, 2.75) is 27.7 Å². The summed E-state index contributed by atoms with van der Waals surface area (Å²) in [5.41, 5.74) is 3.06. The number of carbonyl (C=O) groups excluding carboxylic acids is 2. The fraction of sp³-hybridized carbons (Fsp3) is 0.300. The lowest BCUT2D eigenvalue weighted by Crippen LogP contribution is -2.29. The van der Waals surface area contributed by atoms with E-state index in [1.807, 2.05) is 45.9 Å². The highest BCUT2D eigenvalue weighted by atomic mass is 16.5. The highest BCUT2D eigenvalue weighted by molar-refractivity contribution is 6.43. The maximum Gasteiger partial charge on any atom is 0.314 e. The smallest absolute Gasteiger partial charge is 0.314 e. The van der Waals surface area contributed by atoms with E-state index in [2.05, 4.69) is 10.6 Å². The van der Waals surface area contributed by atoms with Crippen molar-refractivity contribution in [3.63, 3.8) is 0 Å². The largest absolute Gasteiger partial charge is 0.490 e. The molecule has 0 spiro atoms. The van der Waals surface area contributed by atoms with Gasteiger partial charge in [0.15, 0.2) is 11.5 Å². The van der Waals surface area contributed by atoms with E-state index in [0.717, 1.165) is 11.1 Å². The molecule has 2 amide bonds. The molecule has 0 atom stereocenters. The van der Waals surface area contributed by atoms with E-state index in [1.165, 1.54) is 0 Å². The zero-order chi connectivity index (χ0) is 19.1. The van der Waals surface area contributed by atoms with Crippen LogP contribution in [0.2, 0.25) is 0 Å². The van der Waals surface area contributed by atoms with E-state index in [0.29, 0.717) is 36.1 Å². The first-order chi connectivity index (χ1) is 12.4. The molecule has 0 unspecified atom stereocenters. The number of nitrogens with one attached hydrogen (secondary N) is 2. The molecule has 6 heteroatoms. The molecule has 0 bridgehead atoms. The van der Waals surface area contributed by atoms with Crippen LogP contribution in [0.4, 0.5) is 11.4 Å². The van der Waals surface area contributed by atoms with Gasteiger partial charge in [0.1, 0.15) is 0 Å². The molecule has 2 aromatic carbocycles. The van der Waals surface area contributed by atoms with Gasteiger partial charge in [0.05, 0.1) is 13.2 Å². The van der Waals surface area contributed by atoms with E-state index < -0.39 is 11.8 Å². The van der Waals surface area contributed by atoms with Gasteiger partial charge in [-0.3, -0.25) is 9.59 Å². The zero-order valence-corrected chi connectivity index (χ0v) is 15.5. The molecule has 0 fully saturated rings. The number of aryl methyl sites for hydroxylation is 2. The third-order valence-corrected chi connectivity index (χ3v) is 3.49. The van der Waals surface area contributed by atoms with Crippen molar-refractivity contribution >= 4 is 23.2 Å². The number of benzene rings is 2. The van der Waals surface area contributed by atoms with Gasteiger partial charge in [0.25, 0.3) is 0 Å². The molecule has 26 heavy (non-hydrogen) atoms. The van der Waals surface area contributed by atoms with Gasteiger partial charge < -0.3 is 20.1 Å². The number of hydrogen-bond acceptors (Lipinski definition) is 4. The topological polar surface area (TPSA) is 76.7 Å². The lowest BCUT2D eigenvalue weighted by atomic mass is 10.1. The molecule has 0 saturated heterocycles. The van der Waals surface area contributed by atoms with Crippen LogP contribution < -0.4 is 20.1 Å². The molecule has 0 aromatic heterocycles. The highest BCUT2D eigenvalue weighted by Gasteiger charge is 2.16. The second-order valence-corrected chi connectivity index (χ2v) is 5.81. The summed E-state index contributed by atoms with van der Waals surface area (Å²) in [5.74, 6) is -0.383. The summed E-state index contributed by atoms with van der Waals surface area (Å²) in [7, 11) is 0. The Hall–Kier alpha value is -3.02. The molecule has 2 rings (SSSR count). The quantitative estimate of drug-likeness (QED) is 0.774. The summed E-state index contributed by atoms with van der Waals surface area (Å²) in [5, 5.41) is 5.18. The number of ether oxygens (including phenoxy) is 2. The van der Waals surface area contributed by atoms with E-state index in [-0.39, 0.29) is 0 Å². The molecule has 2 aromatic rings. The average molecular weight is 356 g/mol. The van der Waals surface area contributed by atoms with E-state index >= 15 is 0 Å². The van der Waals surface area contributed by atoms with E-state index in [4.69, 9.17) is 9.47 Å². The van der Waals surface area contributed by atoms with Crippen LogP contribution in [-0.4, -0.2) is 25.0 Å².